The van der Waals surface area contributed by atoms with Gasteiger partial charge in [-0.1, -0.05) is 44.0 Å². The second kappa shape index (κ2) is 4.86. The minimum Gasteiger partial charge on any atom is -0.0812 e. The van der Waals surface area contributed by atoms with Gasteiger partial charge < -0.3 is 0 Å². The highest BCUT2D eigenvalue weighted by molar-refractivity contribution is 5.30. The maximum absolute atomic E-state index is 7.07. The van der Waals surface area contributed by atoms with Crippen LogP contribution >= 0.6 is 0 Å². The first-order valence-electron chi connectivity index (χ1n) is 5.21. The van der Waals surface area contributed by atoms with Crippen LogP contribution in [0, 0.1) is 12.3 Å². The molecule has 1 radical (unpaired) electrons. The molecule has 0 N–H and O–H groups in total. The summed E-state index contributed by atoms with van der Waals surface area (Å²) in [6.07, 6.45) is 8.24. The van der Waals surface area contributed by atoms with Gasteiger partial charge in [0.1, 0.15) is 0 Å². The van der Waals surface area contributed by atoms with Gasteiger partial charge in [-0.15, -0.1) is 0 Å². The van der Waals surface area contributed by atoms with Gasteiger partial charge in [0, 0.05) is 5.92 Å². The van der Waals surface area contributed by atoms with E-state index in [1.54, 1.807) is 0 Å². The molecule has 73 valence electrons. The molecule has 0 aliphatic heterocycles. The van der Waals surface area contributed by atoms with Gasteiger partial charge in [-0.3, -0.25) is 0 Å². The molecule has 0 fully saturated rings. The summed E-state index contributed by atoms with van der Waals surface area (Å²) in [6, 6.07) is 8.54. The fraction of sp³-hybridized carbons (Fsp3) is 0.429. The van der Waals surface area contributed by atoms with Crippen LogP contribution in [0.25, 0.3) is 0 Å². The van der Waals surface area contributed by atoms with Crippen molar-refractivity contribution in [3.63, 3.8) is 0 Å². The van der Waals surface area contributed by atoms with Crippen LogP contribution in [0.1, 0.15) is 50.2 Å². The van der Waals surface area contributed by atoms with Crippen LogP contribution in [0.2, 0.25) is 0 Å². The van der Waals surface area contributed by atoms with Crippen molar-refractivity contribution in [2.75, 3.05) is 0 Å². The maximum Gasteiger partial charge on any atom is 0.0434 e. The molecule has 0 aliphatic rings. The Hall–Kier alpha value is -1.22. The summed E-state index contributed by atoms with van der Waals surface area (Å²) in [5.41, 5.74) is 2.56. The van der Waals surface area contributed by atoms with Crippen LogP contribution in [-0.4, -0.2) is 0 Å². The molecule has 14 heavy (non-hydrogen) atoms. The first kappa shape index (κ1) is 10.9. The minimum atomic E-state index is 0.112. The number of hydrogen-bond donors (Lipinski definition) is 0. The molecule has 0 bridgehead atoms. The zero-order valence-corrected chi connectivity index (χ0v) is 9.17. The molecule has 0 aliphatic carbocycles. The second-order valence-electron chi connectivity index (χ2n) is 3.84. The van der Waals surface area contributed by atoms with E-state index in [0.717, 1.165) is 0 Å². The molecular weight excluding hydrogens is 168 g/mol. The van der Waals surface area contributed by atoms with E-state index >= 15 is 0 Å². The molecule has 1 aromatic rings. The monoisotopic (exact) mass is 185 g/mol. The largest absolute Gasteiger partial charge is 0.0812 e. The molecule has 0 heteroatoms. The lowest BCUT2D eigenvalue weighted by Crippen LogP contribution is -1.93. The van der Waals surface area contributed by atoms with Gasteiger partial charge in [0.05, 0.1) is 0 Å². The Morgan fingerprint density at radius 3 is 2.07 bits per heavy atom. The van der Waals surface area contributed by atoms with Crippen molar-refractivity contribution in [2.24, 2.45) is 0 Å². The van der Waals surface area contributed by atoms with Gasteiger partial charge in [-0.2, -0.15) is 0 Å². The van der Waals surface area contributed by atoms with Crippen LogP contribution < -0.4 is 0 Å². The van der Waals surface area contributed by atoms with Crippen LogP contribution in [-0.2, 0) is 0 Å². The summed E-state index contributed by atoms with van der Waals surface area (Å²) >= 11 is 0. The molecule has 0 aromatic heterocycles. The third-order valence-electron chi connectivity index (χ3n) is 2.83. The van der Waals surface area contributed by atoms with E-state index in [2.05, 4.69) is 44.0 Å². The quantitative estimate of drug-likeness (QED) is 0.627. The highest BCUT2D eigenvalue weighted by Crippen LogP contribution is 2.21. The molecule has 0 heterocycles. The summed E-state index contributed by atoms with van der Waals surface area (Å²) in [7, 11) is 0. The van der Waals surface area contributed by atoms with Gasteiger partial charge in [0.25, 0.3) is 0 Å². The van der Waals surface area contributed by atoms with Gasteiger partial charge in [0.15, 0.2) is 0 Å². The van der Waals surface area contributed by atoms with E-state index in [-0.39, 0.29) is 5.92 Å². The fourth-order valence-corrected chi connectivity index (χ4v) is 1.43. The summed E-state index contributed by atoms with van der Waals surface area (Å²) in [4.78, 5) is 0. The standard InChI is InChI=1S/C14H17/c1-5-11(3)13-7-9-14(10-8-13)12(4)6-2/h7-12H,5H2,1,3-4H3. The highest BCUT2D eigenvalue weighted by Gasteiger charge is 2.04. The third kappa shape index (κ3) is 2.39. The van der Waals surface area contributed by atoms with E-state index in [0.29, 0.717) is 5.92 Å². The molecule has 0 amide bonds. The molecule has 0 saturated carbocycles. The third-order valence-corrected chi connectivity index (χ3v) is 2.83. The predicted molar refractivity (Wildman–Crippen MR) is 60.7 cm³/mol. The normalized spacial score (nSPS) is 14.4. The smallest absolute Gasteiger partial charge is 0.0434 e. The van der Waals surface area contributed by atoms with Crippen molar-refractivity contribution in [1.29, 1.82) is 0 Å². The van der Waals surface area contributed by atoms with Gasteiger partial charge >= 0.3 is 0 Å². The molecule has 2 atom stereocenters. The minimum absolute atomic E-state index is 0.112. The van der Waals surface area contributed by atoms with Gasteiger partial charge in [-0.05, 0) is 36.8 Å². The van der Waals surface area contributed by atoms with Crippen molar-refractivity contribution in [1.82, 2.24) is 0 Å². The average molecular weight is 185 g/mol. The lowest BCUT2D eigenvalue weighted by Gasteiger charge is -2.10. The Bertz CT molecular complexity index is 313. The number of rotatable bonds is 3. The molecular formula is C14H17. The topological polar surface area (TPSA) is 0 Å². The van der Waals surface area contributed by atoms with E-state index in [1.165, 1.54) is 17.5 Å². The summed E-state index contributed by atoms with van der Waals surface area (Å²) in [5.74, 6) is 3.23. The van der Waals surface area contributed by atoms with Gasteiger partial charge in [-0.25, -0.2) is 0 Å². The Morgan fingerprint density at radius 2 is 1.64 bits per heavy atom. The van der Waals surface area contributed by atoms with Crippen molar-refractivity contribution in [3.8, 4) is 5.92 Å². The zero-order chi connectivity index (χ0) is 10.6. The second-order valence-corrected chi connectivity index (χ2v) is 3.84. The van der Waals surface area contributed by atoms with Crippen molar-refractivity contribution >= 4 is 0 Å². The SMILES string of the molecule is [C]#CC(C)c1ccc(C(C)CC)cc1. The van der Waals surface area contributed by atoms with E-state index in [4.69, 9.17) is 6.42 Å². The highest BCUT2D eigenvalue weighted by atomic mass is 14.1. The van der Waals surface area contributed by atoms with Gasteiger partial charge in [0.2, 0.25) is 0 Å². The van der Waals surface area contributed by atoms with Crippen LogP contribution in [0.5, 0.6) is 0 Å². The van der Waals surface area contributed by atoms with E-state index < -0.39 is 0 Å². The molecule has 0 spiro atoms. The lowest BCUT2D eigenvalue weighted by atomic mass is 9.94. The average Bonchev–Trinajstić information content (AvgIpc) is 2.27. The van der Waals surface area contributed by atoms with Crippen LogP contribution in [0.15, 0.2) is 24.3 Å². The fourth-order valence-electron chi connectivity index (χ4n) is 1.43. The molecule has 0 nitrogen and oxygen atoms in total. The van der Waals surface area contributed by atoms with Crippen LogP contribution in [0.3, 0.4) is 0 Å². The van der Waals surface area contributed by atoms with Crippen molar-refractivity contribution in [2.45, 2.75) is 39.0 Å². The molecule has 1 rings (SSSR count). The Kier molecular flexibility index (Phi) is 3.77. The Balaban J connectivity index is 2.84. The molecule has 0 saturated heterocycles. The number of benzene rings is 1. The van der Waals surface area contributed by atoms with Crippen molar-refractivity contribution in [3.05, 3.63) is 41.8 Å². The zero-order valence-electron chi connectivity index (χ0n) is 9.17. The van der Waals surface area contributed by atoms with E-state index in [1.807, 2.05) is 6.92 Å². The van der Waals surface area contributed by atoms with Crippen LogP contribution in [0.4, 0.5) is 0 Å². The Labute approximate surface area is 87.4 Å². The summed E-state index contributed by atoms with van der Waals surface area (Å²) in [5, 5.41) is 0. The summed E-state index contributed by atoms with van der Waals surface area (Å²) in [6.45, 7) is 6.43. The Morgan fingerprint density at radius 1 is 1.14 bits per heavy atom. The van der Waals surface area contributed by atoms with E-state index in [9.17, 15) is 0 Å². The number of hydrogen-bond acceptors (Lipinski definition) is 0. The van der Waals surface area contributed by atoms with Crippen molar-refractivity contribution < 1.29 is 0 Å². The molecule has 2 unspecified atom stereocenters. The first-order valence-corrected chi connectivity index (χ1v) is 5.21. The molecule has 1 aromatic carbocycles. The lowest BCUT2D eigenvalue weighted by molar-refractivity contribution is 0.733. The first-order chi connectivity index (χ1) is 6.69. The predicted octanol–water partition coefficient (Wildman–Crippen LogP) is 3.89. The summed E-state index contributed by atoms with van der Waals surface area (Å²) < 4.78 is 0. The maximum atomic E-state index is 7.07.